The van der Waals surface area contributed by atoms with Crippen LogP contribution in [0.1, 0.15) is 32.6 Å². The van der Waals surface area contributed by atoms with E-state index in [0.29, 0.717) is 19.3 Å². The molecular formula is C11H15F3O5S. The van der Waals surface area contributed by atoms with Crippen molar-refractivity contribution in [2.24, 2.45) is 5.92 Å². The number of allylic oxidation sites excluding steroid dienone is 2. The summed E-state index contributed by atoms with van der Waals surface area (Å²) in [6, 6.07) is 0. The zero-order valence-corrected chi connectivity index (χ0v) is 11.6. The normalized spacial score (nSPS) is 20.2. The van der Waals surface area contributed by atoms with Crippen LogP contribution in [0, 0.1) is 5.92 Å². The Morgan fingerprint density at radius 3 is 2.55 bits per heavy atom. The van der Waals surface area contributed by atoms with Gasteiger partial charge < -0.3 is 8.92 Å². The van der Waals surface area contributed by atoms with Gasteiger partial charge in [-0.05, 0) is 31.3 Å². The van der Waals surface area contributed by atoms with Crippen molar-refractivity contribution in [1.29, 1.82) is 0 Å². The number of hydrogen-bond acceptors (Lipinski definition) is 5. The quantitative estimate of drug-likeness (QED) is 0.443. The number of esters is 1. The highest BCUT2D eigenvalue weighted by molar-refractivity contribution is 7.87. The number of carbonyl (C=O) groups is 1. The zero-order chi connectivity index (χ0) is 15.4. The lowest BCUT2D eigenvalue weighted by molar-refractivity contribution is -0.141. The molecule has 20 heavy (non-hydrogen) atoms. The maximum absolute atomic E-state index is 12.1. The smallest absolute Gasteiger partial charge is 0.466 e. The summed E-state index contributed by atoms with van der Waals surface area (Å²) in [6.07, 6.45) is 2.91. The van der Waals surface area contributed by atoms with Crippen LogP contribution in [0.15, 0.2) is 11.8 Å². The molecular weight excluding hydrogens is 301 g/mol. The minimum Gasteiger partial charge on any atom is -0.466 e. The molecule has 9 heteroatoms. The molecule has 0 aliphatic heterocycles. The minimum absolute atomic E-state index is 0.111. The van der Waals surface area contributed by atoms with Crippen molar-refractivity contribution >= 4 is 16.1 Å². The molecule has 1 unspecified atom stereocenters. The first kappa shape index (κ1) is 16.8. The van der Waals surface area contributed by atoms with Crippen LogP contribution in [-0.4, -0.2) is 26.5 Å². The molecule has 1 rings (SSSR count). The van der Waals surface area contributed by atoms with Crippen molar-refractivity contribution in [1.82, 2.24) is 0 Å². The van der Waals surface area contributed by atoms with Crippen LogP contribution in [0.5, 0.6) is 0 Å². The predicted octanol–water partition coefficient (Wildman–Crippen LogP) is 2.49. The van der Waals surface area contributed by atoms with Gasteiger partial charge in [0.05, 0.1) is 6.61 Å². The van der Waals surface area contributed by atoms with Crippen molar-refractivity contribution < 1.29 is 35.3 Å². The number of ether oxygens (including phenoxy) is 1. The largest absolute Gasteiger partial charge is 0.534 e. The third kappa shape index (κ3) is 5.03. The van der Waals surface area contributed by atoms with Crippen LogP contribution < -0.4 is 0 Å². The summed E-state index contributed by atoms with van der Waals surface area (Å²) in [5.41, 5.74) is -5.42. The molecule has 0 saturated carbocycles. The number of rotatable bonds is 5. The summed E-state index contributed by atoms with van der Waals surface area (Å²) >= 11 is 0. The molecule has 5 nitrogen and oxygen atoms in total. The number of hydrogen-bond donors (Lipinski definition) is 0. The summed E-state index contributed by atoms with van der Waals surface area (Å²) in [7, 11) is -5.58. The van der Waals surface area contributed by atoms with E-state index >= 15 is 0 Å². The van der Waals surface area contributed by atoms with E-state index in [9.17, 15) is 26.4 Å². The monoisotopic (exact) mass is 316 g/mol. The fraction of sp³-hybridized carbons (Fsp3) is 0.727. The van der Waals surface area contributed by atoms with Crippen molar-refractivity contribution in [3.63, 3.8) is 0 Å². The highest BCUT2D eigenvalue weighted by Gasteiger charge is 2.48. The van der Waals surface area contributed by atoms with Crippen molar-refractivity contribution in [3.8, 4) is 0 Å². The van der Waals surface area contributed by atoms with Gasteiger partial charge >= 0.3 is 21.6 Å². The average Bonchev–Trinajstić information content (AvgIpc) is 2.29. The molecule has 0 aromatic carbocycles. The van der Waals surface area contributed by atoms with E-state index in [4.69, 9.17) is 4.74 Å². The molecule has 0 amide bonds. The first-order valence-corrected chi connectivity index (χ1v) is 7.36. The molecule has 0 aromatic rings. The lowest BCUT2D eigenvalue weighted by Gasteiger charge is -2.21. The molecule has 116 valence electrons. The lowest BCUT2D eigenvalue weighted by Crippen LogP contribution is -2.26. The van der Waals surface area contributed by atoms with Crippen molar-refractivity contribution in [3.05, 3.63) is 11.8 Å². The maximum atomic E-state index is 12.1. The fourth-order valence-corrected chi connectivity index (χ4v) is 2.29. The molecule has 0 fully saturated rings. The highest BCUT2D eigenvalue weighted by Crippen LogP contribution is 2.32. The second-order valence-electron chi connectivity index (χ2n) is 4.42. The van der Waals surface area contributed by atoms with Gasteiger partial charge in [-0.2, -0.15) is 21.6 Å². The average molecular weight is 316 g/mol. The van der Waals surface area contributed by atoms with Gasteiger partial charge in [-0.3, -0.25) is 4.79 Å². The fourth-order valence-electron chi connectivity index (χ4n) is 1.76. The van der Waals surface area contributed by atoms with E-state index in [1.807, 2.05) is 0 Å². The van der Waals surface area contributed by atoms with Crippen molar-refractivity contribution in [2.45, 2.75) is 38.1 Å². The van der Waals surface area contributed by atoms with E-state index in [1.54, 1.807) is 0 Å². The van der Waals surface area contributed by atoms with E-state index in [1.165, 1.54) is 13.0 Å². The Labute approximate surface area is 114 Å². The van der Waals surface area contributed by atoms with E-state index in [2.05, 4.69) is 4.18 Å². The second-order valence-corrected chi connectivity index (χ2v) is 5.96. The van der Waals surface area contributed by atoms with Crippen molar-refractivity contribution in [2.75, 3.05) is 6.61 Å². The van der Waals surface area contributed by atoms with Gasteiger partial charge in [-0.15, -0.1) is 0 Å². The third-order valence-corrected chi connectivity index (χ3v) is 3.81. The summed E-state index contributed by atoms with van der Waals surface area (Å²) in [4.78, 5) is 10.6. The SMILES string of the molecule is CC(=O)OCCC1CC=C(OS(=O)(=O)C(F)(F)F)CC1. The molecule has 0 heterocycles. The molecule has 0 N–H and O–H groups in total. The van der Waals surface area contributed by atoms with E-state index < -0.39 is 21.6 Å². The maximum Gasteiger partial charge on any atom is 0.534 e. The summed E-state index contributed by atoms with van der Waals surface area (Å²) in [6.45, 7) is 1.53. The van der Waals surface area contributed by atoms with Gasteiger partial charge in [0, 0.05) is 13.3 Å². The Morgan fingerprint density at radius 2 is 2.10 bits per heavy atom. The molecule has 0 aromatic heterocycles. The lowest BCUT2D eigenvalue weighted by atomic mass is 9.91. The van der Waals surface area contributed by atoms with Gasteiger partial charge in [0.15, 0.2) is 0 Å². The van der Waals surface area contributed by atoms with Crippen LogP contribution in [0.3, 0.4) is 0 Å². The predicted molar refractivity (Wildman–Crippen MR) is 62.7 cm³/mol. The highest BCUT2D eigenvalue weighted by atomic mass is 32.2. The molecule has 1 atom stereocenters. The molecule has 0 spiro atoms. The van der Waals surface area contributed by atoms with E-state index in [-0.39, 0.29) is 24.7 Å². The van der Waals surface area contributed by atoms with E-state index in [0.717, 1.165) is 0 Å². The van der Waals surface area contributed by atoms with Crippen LogP contribution in [0.2, 0.25) is 0 Å². The number of carbonyl (C=O) groups excluding carboxylic acids is 1. The minimum atomic E-state index is -5.58. The Bertz CT molecular complexity index is 481. The van der Waals surface area contributed by atoms with Gasteiger partial charge in [0.2, 0.25) is 0 Å². The molecule has 0 radical (unpaired) electrons. The Kier molecular flexibility index (Phi) is 5.43. The van der Waals surface area contributed by atoms with Crippen LogP contribution in [0.4, 0.5) is 13.2 Å². The first-order chi connectivity index (χ1) is 9.12. The standard InChI is InChI=1S/C11H15F3O5S/c1-8(15)18-7-6-9-2-4-10(5-3-9)19-20(16,17)11(12,13)14/h4,9H,2-3,5-7H2,1H3. The summed E-state index contributed by atoms with van der Waals surface area (Å²) in [5, 5.41) is 0. The molecule has 1 aliphatic carbocycles. The Hall–Kier alpha value is -1.25. The molecule has 1 aliphatic rings. The Morgan fingerprint density at radius 1 is 1.45 bits per heavy atom. The van der Waals surface area contributed by atoms with Crippen LogP contribution >= 0.6 is 0 Å². The van der Waals surface area contributed by atoms with Crippen LogP contribution in [0.25, 0.3) is 0 Å². The zero-order valence-electron chi connectivity index (χ0n) is 10.8. The number of alkyl halides is 3. The molecule has 0 bridgehead atoms. The first-order valence-electron chi connectivity index (χ1n) is 5.95. The van der Waals surface area contributed by atoms with Gasteiger partial charge in [-0.25, -0.2) is 0 Å². The second kappa shape index (κ2) is 6.47. The van der Waals surface area contributed by atoms with Gasteiger partial charge in [0.25, 0.3) is 0 Å². The summed E-state index contributed by atoms with van der Waals surface area (Å²) < 4.78 is 66.8. The third-order valence-electron chi connectivity index (χ3n) is 2.81. The Balaban J connectivity index is 2.46. The molecule has 0 saturated heterocycles. The van der Waals surface area contributed by atoms with Crippen LogP contribution in [-0.2, 0) is 23.8 Å². The topological polar surface area (TPSA) is 69.7 Å². The summed E-state index contributed by atoms with van der Waals surface area (Å²) in [5.74, 6) is -0.446. The van der Waals surface area contributed by atoms with Gasteiger partial charge in [0.1, 0.15) is 5.76 Å². The van der Waals surface area contributed by atoms with Gasteiger partial charge in [-0.1, -0.05) is 0 Å². The number of halogens is 3.